The number of amides is 1. The van der Waals surface area contributed by atoms with Crippen molar-refractivity contribution in [2.75, 3.05) is 6.54 Å². The Morgan fingerprint density at radius 1 is 1.11 bits per heavy atom. The standard InChI is InChI=1S/C22H24ClN3O2/c1-3-15-5-7-16(8-6-15)9-12-21(27)26(4-2)14-20-24-19-13-17(23)10-11-18(19)22(28)25-20/h5-8,10-11,13H,3-4,9,12,14H2,1-2H3,(H,24,25,28). The predicted octanol–water partition coefficient (Wildman–Crippen LogP) is 4.12. The molecule has 6 heteroatoms. The number of rotatable bonds is 7. The number of hydrogen-bond donors (Lipinski definition) is 1. The first-order valence-corrected chi connectivity index (χ1v) is 9.92. The Balaban J connectivity index is 1.69. The number of fused-ring (bicyclic) bond motifs is 1. The Labute approximate surface area is 169 Å². The van der Waals surface area contributed by atoms with Gasteiger partial charge >= 0.3 is 0 Å². The smallest absolute Gasteiger partial charge is 0.258 e. The van der Waals surface area contributed by atoms with Crippen molar-refractivity contribution < 1.29 is 4.79 Å². The molecular formula is C22H24ClN3O2. The summed E-state index contributed by atoms with van der Waals surface area (Å²) in [6.07, 6.45) is 2.12. The lowest BCUT2D eigenvalue weighted by atomic mass is 10.1. The maximum Gasteiger partial charge on any atom is 0.258 e. The van der Waals surface area contributed by atoms with E-state index in [-0.39, 0.29) is 18.0 Å². The van der Waals surface area contributed by atoms with E-state index in [4.69, 9.17) is 11.6 Å². The van der Waals surface area contributed by atoms with Crippen molar-refractivity contribution in [1.82, 2.24) is 14.9 Å². The molecule has 1 aromatic heterocycles. The van der Waals surface area contributed by atoms with E-state index < -0.39 is 0 Å². The van der Waals surface area contributed by atoms with Gasteiger partial charge < -0.3 is 9.88 Å². The molecular weight excluding hydrogens is 374 g/mol. The summed E-state index contributed by atoms with van der Waals surface area (Å²) in [5.41, 5.74) is 2.74. The zero-order chi connectivity index (χ0) is 20.1. The van der Waals surface area contributed by atoms with Gasteiger partial charge in [0, 0.05) is 18.0 Å². The molecule has 0 radical (unpaired) electrons. The van der Waals surface area contributed by atoms with Gasteiger partial charge in [0.15, 0.2) is 0 Å². The summed E-state index contributed by atoms with van der Waals surface area (Å²) >= 11 is 6.01. The van der Waals surface area contributed by atoms with Crippen LogP contribution in [-0.4, -0.2) is 27.3 Å². The second kappa shape index (κ2) is 9.02. The lowest BCUT2D eigenvalue weighted by Crippen LogP contribution is -2.32. The zero-order valence-electron chi connectivity index (χ0n) is 16.2. The fourth-order valence-electron chi connectivity index (χ4n) is 3.14. The largest absolute Gasteiger partial charge is 0.335 e. The van der Waals surface area contributed by atoms with Crippen molar-refractivity contribution in [2.24, 2.45) is 0 Å². The highest BCUT2D eigenvalue weighted by Gasteiger charge is 2.14. The van der Waals surface area contributed by atoms with Gasteiger partial charge in [-0.2, -0.15) is 0 Å². The first-order chi connectivity index (χ1) is 13.5. The second-order valence-corrected chi connectivity index (χ2v) is 7.19. The quantitative estimate of drug-likeness (QED) is 0.652. The van der Waals surface area contributed by atoms with Crippen LogP contribution in [-0.2, 0) is 24.2 Å². The minimum atomic E-state index is -0.226. The van der Waals surface area contributed by atoms with Crippen LogP contribution in [0.5, 0.6) is 0 Å². The molecule has 0 saturated carbocycles. The molecule has 0 bridgehead atoms. The van der Waals surface area contributed by atoms with Crippen molar-refractivity contribution in [3.63, 3.8) is 0 Å². The van der Waals surface area contributed by atoms with Crippen molar-refractivity contribution in [1.29, 1.82) is 0 Å². The van der Waals surface area contributed by atoms with Gasteiger partial charge in [-0.25, -0.2) is 4.98 Å². The summed E-state index contributed by atoms with van der Waals surface area (Å²) in [4.78, 5) is 33.9. The van der Waals surface area contributed by atoms with Gasteiger partial charge in [0.25, 0.3) is 5.56 Å². The van der Waals surface area contributed by atoms with Gasteiger partial charge in [-0.1, -0.05) is 42.8 Å². The molecule has 0 saturated heterocycles. The van der Waals surface area contributed by atoms with Crippen LogP contribution in [0.4, 0.5) is 0 Å². The molecule has 0 aliphatic carbocycles. The van der Waals surface area contributed by atoms with Crippen LogP contribution in [0.1, 0.15) is 37.2 Å². The molecule has 28 heavy (non-hydrogen) atoms. The van der Waals surface area contributed by atoms with Gasteiger partial charge in [-0.05, 0) is 49.1 Å². The van der Waals surface area contributed by atoms with E-state index in [1.807, 2.05) is 6.92 Å². The summed E-state index contributed by atoms with van der Waals surface area (Å²) in [5.74, 6) is 0.498. The Kier molecular flexibility index (Phi) is 6.47. The van der Waals surface area contributed by atoms with Gasteiger partial charge in [0.05, 0.1) is 17.4 Å². The highest BCUT2D eigenvalue weighted by atomic mass is 35.5. The van der Waals surface area contributed by atoms with Gasteiger partial charge in [-0.15, -0.1) is 0 Å². The minimum Gasteiger partial charge on any atom is -0.335 e. The number of benzene rings is 2. The molecule has 0 spiro atoms. The van der Waals surface area contributed by atoms with Crippen LogP contribution in [0.25, 0.3) is 10.9 Å². The van der Waals surface area contributed by atoms with Crippen LogP contribution >= 0.6 is 11.6 Å². The van der Waals surface area contributed by atoms with Crippen LogP contribution in [0.2, 0.25) is 5.02 Å². The highest BCUT2D eigenvalue weighted by molar-refractivity contribution is 6.31. The molecule has 1 amide bonds. The van der Waals surface area contributed by atoms with Crippen molar-refractivity contribution in [3.8, 4) is 0 Å². The number of nitrogens with one attached hydrogen (secondary N) is 1. The highest BCUT2D eigenvalue weighted by Crippen LogP contribution is 2.15. The number of aryl methyl sites for hydroxylation is 2. The number of carbonyl (C=O) groups is 1. The van der Waals surface area contributed by atoms with Gasteiger partial charge in [-0.3, -0.25) is 9.59 Å². The molecule has 146 valence electrons. The third-order valence-electron chi connectivity index (χ3n) is 4.85. The van der Waals surface area contributed by atoms with Crippen LogP contribution in [0.15, 0.2) is 47.3 Å². The Morgan fingerprint density at radius 2 is 1.82 bits per heavy atom. The fraction of sp³-hybridized carbons (Fsp3) is 0.318. The molecule has 3 aromatic rings. The summed E-state index contributed by atoms with van der Waals surface area (Å²) in [6.45, 7) is 4.85. The molecule has 5 nitrogen and oxygen atoms in total. The second-order valence-electron chi connectivity index (χ2n) is 6.75. The normalized spacial score (nSPS) is 11.0. The number of aromatic amines is 1. The number of halogens is 1. The van der Waals surface area contributed by atoms with E-state index in [9.17, 15) is 9.59 Å². The zero-order valence-corrected chi connectivity index (χ0v) is 16.9. The average molecular weight is 398 g/mol. The number of nitrogens with zero attached hydrogens (tertiary/aromatic N) is 2. The monoisotopic (exact) mass is 397 g/mol. The molecule has 2 aromatic carbocycles. The third kappa shape index (κ3) is 4.78. The van der Waals surface area contributed by atoms with Gasteiger partial charge in [0.2, 0.25) is 5.91 Å². The molecule has 0 atom stereocenters. The summed E-state index contributed by atoms with van der Waals surface area (Å²) < 4.78 is 0. The lowest BCUT2D eigenvalue weighted by molar-refractivity contribution is -0.131. The summed E-state index contributed by atoms with van der Waals surface area (Å²) in [5, 5.41) is 1.01. The van der Waals surface area contributed by atoms with Crippen molar-refractivity contribution in [2.45, 2.75) is 39.7 Å². The Hall–Kier alpha value is -2.66. The SMILES string of the molecule is CCc1ccc(CCC(=O)N(CC)Cc2nc3cc(Cl)ccc3c(=O)[nH]2)cc1. The first-order valence-electron chi connectivity index (χ1n) is 9.54. The molecule has 0 aliphatic rings. The maximum atomic E-state index is 12.7. The summed E-state index contributed by atoms with van der Waals surface area (Å²) in [7, 11) is 0. The molecule has 0 fully saturated rings. The van der Waals surface area contributed by atoms with Crippen LogP contribution in [0, 0.1) is 0 Å². The van der Waals surface area contributed by atoms with Gasteiger partial charge in [0.1, 0.15) is 5.82 Å². The van der Waals surface area contributed by atoms with Crippen molar-refractivity contribution >= 4 is 28.4 Å². The Bertz CT molecular complexity index is 1030. The van der Waals surface area contributed by atoms with E-state index in [1.54, 1.807) is 23.1 Å². The van der Waals surface area contributed by atoms with E-state index in [1.165, 1.54) is 5.56 Å². The number of H-pyrrole nitrogens is 1. The maximum absolute atomic E-state index is 12.7. The van der Waals surface area contributed by atoms with E-state index in [0.29, 0.717) is 41.1 Å². The predicted molar refractivity (Wildman–Crippen MR) is 113 cm³/mol. The summed E-state index contributed by atoms with van der Waals surface area (Å²) in [6, 6.07) is 13.3. The Morgan fingerprint density at radius 3 is 2.50 bits per heavy atom. The van der Waals surface area contributed by atoms with Crippen LogP contribution < -0.4 is 5.56 Å². The van der Waals surface area contributed by atoms with E-state index in [0.717, 1.165) is 12.0 Å². The van der Waals surface area contributed by atoms with E-state index >= 15 is 0 Å². The number of aromatic nitrogens is 2. The fourth-order valence-corrected chi connectivity index (χ4v) is 3.31. The van der Waals surface area contributed by atoms with E-state index in [2.05, 4.69) is 41.2 Å². The lowest BCUT2D eigenvalue weighted by Gasteiger charge is -2.20. The number of hydrogen-bond acceptors (Lipinski definition) is 3. The molecule has 0 unspecified atom stereocenters. The molecule has 3 rings (SSSR count). The molecule has 0 aliphatic heterocycles. The van der Waals surface area contributed by atoms with Crippen molar-refractivity contribution in [3.05, 3.63) is 74.8 Å². The first kappa shape index (κ1) is 20.1. The third-order valence-corrected chi connectivity index (χ3v) is 5.09. The topological polar surface area (TPSA) is 66.1 Å². The average Bonchev–Trinajstić information content (AvgIpc) is 2.70. The minimum absolute atomic E-state index is 0.0379. The molecule has 1 heterocycles. The number of carbonyl (C=O) groups excluding carboxylic acids is 1. The van der Waals surface area contributed by atoms with Crippen LogP contribution in [0.3, 0.4) is 0 Å². The molecule has 1 N–H and O–H groups in total.